The lowest BCUT2D eigenvalue weighted by molar-refractivity contribution is 0.0689. The molecule has 5 nitrogen and oxygen atoms in total. The molecule has 0 unspecified atom stereocenters. The van der Waals surface area contributed by atoms with Gasteiger partial charge in [-0.3, -0.25) is 0 Å². The molecular formula is C12H9BrN2O3. The first kappa shape index (κ1) is 12.5. The highest BCUT2D eigenvalue weighted by molar-refractivity contribution is 9.10. The first-order valence-corrected chi connectivity index (χ1v) is 5.86. The normalized spacial score (nSPS) is 10.1. The van der Waals surface area contributed by atoms with Crippen LogP contribution in [0.4, 0.5) is 0 Å². The Labute approximate surface area is 112 Å². The zero-order valence-electron chi connectivity index (χ0n) is 9.42. The van der Waals surface area contributed by atoms with Gasteiger partial charge < -0.3 is 9.84 Å². The molecular weight excluding hydrogens is 300 g/mol. The van der Waals surface area contributed by atoms with Crippen molar-refractivity contribution in [2.24, 2.45) is 0 Å². The van der Waals surface area contributed by atoms with E-state index in [1.54, 1.807) is 6.07 Å². The van der Waals surface area contributed by atoms with Crippen molar-refractivity contribution in [1.82, 2.24) is 10.2 Å². The smallest absolute Gasteiger partial charge is 0.356 e. The molecule has 0 bridgehead atoms. The molecule has 1 N–H and O–H groups in total. The van der Waals surface area contributed by atoms with Gasteiger partial charge in [0.05, 0.1) is 0 Å². The lowest BCUT2D eigenvalue weighted by Crippen LogP contribution is -2.02. The quantitative estimate of drug-likeness (QED) is 0.943. The van der Waals surface area contributed by atoms with Crippen molar-refractivity contribution in [3.05, 3.63) is 46.1 Å². The van der Waals surface area contributed by atoms with Crippen LogP contribution in [0.3, 0.4) is 0 Å². The fourth-order valence-corrected chi connectivity index (χ4v) is 1.80. The van der Waals surface area contributed by atoms with E-state index in [2.05, 4.69) is 26.1 Å². The third-order valence-corrected chi connectivity index (χ3v) is 2.70. The summed E-state index contributed by atoms with van der Waals surface area (Å²) in [6.07, 6.45) is 0. The van der Waals surface area contributed by atoms with E-state index >= 15 is 0 Å². The summed E-state index contributed by atoms with van der Waals surface area (Å²) in [5, 5.41) is 15.9. The van der Waals surface area contributed by atoms with Crippen molar-refractivity contribution in [3.8, 4) is 11.6 Å². The number of hydrogen-bond acceptors (Lipinski definition) is 4. The maximum Gasteiger partial charge on any atom is 0.356 e. The van der Waals surface area contributed by atoms with Crippen LogP contribution in [0.15, 0.2) is 34.8 Å². The summed E-state index contributed by atoms with van der Waals surface area (Å²) < 4.78 is 6.47. The van der Waals surface area contributed by atoms with Crippen LogP contribution in [-0.4, -0.2) is 21.3 Å². The Morgan fingerprint density at radius 1 is 1.28 bits per heavy atom. The number of aryl methyl sites for hydroxylation is 1. The van der Waals surface area contributed by atoms with Gasteiger partial charge in [0.25, 0.3) is 0 Å². The van der Waals surface area contributed by atoms with Crippen LogP contribution in [0.2, 0.25) is 0 Å². The van der Waals surface area contributed by atoms with Gasteiger partial charge in [0.1, 0.15) is 5.75 Å². The highest BCUT2D eigenvalue weighted by Gasteiger charge is 2.07. The first-order valence-electron chi connectivity index (χ1n) is 5.07. The molecule has 0 saturated heterocycles. The average Bonchev–Trinajstić information content (AvgIpc) is 2.33. The van der Waals surface area contributed by atoms with Crippen LogP contribution < -0.4 is 4.74 Å². The van der Waals surface area contributed by atoms with E-state index in [1.165, 1.54) is 12.1 Å². The minimum atomic E-state index is -1.12. The second-order valence-electron chi connectivity index (χ2n) is 3.57. The fourth-order valence-electron chi connectivity index (χ4n) is 1.33. The van der Waals surface area contributed by atoms with Gasteiger partial charge in [0.2, 0.25) is 5.88 Å². The number of hydrogen-bond donors (Lipinski definition) is 1. The number of ether oxygens (including phenoxy) is 1. The number of aromatic carboxylic acids is 1. The number of carbonyl (C=O) groups is 1. The molecule has 1 aromatic carbocycles. The molecule has 0 aliphatic heterocycles. The van der Waals surface area contributed by atoms with E-state index in [1.807, 2.05) is 19.1 Å². The van der Waals surface area contributed by atoms with E-state index < -0.39 is 5.97 Å². The van der Waals surface area contributed by atoms with Crippen LogP contribution in [0.5, 0.6) is 11.6 Å². The first-order chi connectivity index (χ1) is 8.56. The van der Waals surface area contributed by atoms with Crippen molar-refractivity contribution < 1.29 is 14.6 Å². The zero-order chi connectivity index (χ0) is 13.1. The van der Waals surface area contributed by atoms with Crippen molar-refractivity contribution in [1.29, 1.82) is 0 Å². The van der Waals surface area contributed by atoms with Crippen LogP contribution in [0.1, 0.15) is 16.1 Å². The number of halogens is 1. The maximum atomic E-state index is 10.6. The van der Waals surface area contributed by atoms with Gasteiger partial charge in [-0.05, 0) is 36.8 Å². The largest absolute Gasteiger partial charge is 0.476 e. The molecule has 1 aromatic heterocycles. The zero-order valence-corrected chi connectivity index (χ0v) is 11.0. The molecule has 0 aliphatic rings. The molecule has 92 valence electrons. The van der Waals surface area contributed by atoms with Crippen molar-refractivity contribution in [2.45, 2.75) is 6.92 Å². The predicted molar refractivity (Wildman–Crippen MR) is 67.9 cm³/mol. The van der Waals surface area contributed by atoms with Gasteiger partial charge in [0.15, 0.2) is 5.69 Å². The maximum absolute atomic E-state index is 10.6. The molecule has 0 amide bonds. The molecule has 0 saturated carbocycles. The standard InChI is InChI=1S/C12H9BrN2O3/c1-7-6-8(13)2-4-10(7)18-11-5-3-9(12(16)17)14-15-11/h2-6H,1H3,(H,16,17). The van der Waals surface area contributed by atoms with Gasteiger partial charge in [-0.15, -0.1) is 10.2 Å². The SMILES string of the molecule is Cc1cc(Br)ccc1Oc1ccc(C(=O)O)nn1. The Hall–Kier alpha value is -1.95. The average molecular weight is 309 g/mol. The number of carboxylic acids is 1. The molecule has 6 heteroatoms. The lowest BCUT2D eigenvalue weighted by Gasteiger charge is -2.07. The van der Waals surface area contributed by atoms with Gasteiger partial charge in [0, 0.05) is 10.5 Å². The van der Waals surface area contributed by atoms with Crippen molar-refractivity contribution in [2.75, 3.05) is 0 Å². The number of carboxylic acid groups (broad SMARTS) is 1. The number of aromatic nitrogens is 2. The van der Waals surface area contributed by atoms with E-state index in [0.29, 0.717) is 5.75 Å². The molecule has 2 aromatic rings. The minimum absolute atomic E-state index is 0.116. The molecule has 0 atom stereocenters. The van der Waals surface area contributed by atoms with Gasteiger partial charge >= 0.3 is 5.97 Å². The third kappa shape index (κ3) is 2.84. The monoisotopic (exact) mass is 308 g/mol. The van der Waals surface area contributed by atoms with Crippen molar-refractivity contribution >= 4 is 21.9 Å². The Bertz CT molecular complexity index is 584. The van der Waals surface area contributed by atoms with Gasteiger partial charge in [-0.25, -0.2) is 4.79 Å². The van der Waals surface area contributed by atoms with E-state index in [4.69, 9.17) is 9.84 Å². The summed E-state index contributed by atoms with van der Waals surface area (Å²) in [6, 6.07) is 8.37. The Morgan fingerprint density at radius 2 is 2.06 bits per heavy atom. The molecule has 0 aliphatic carbocycles. The predicted octanol–water partition coefficient (Wildman–Crippen LogP) is 3.04. The molecule has 1 heterocycles. The van der Waals surface area contributed by atoms with Crippen LogP contribution >= 0.6 is 15.9 Å². The molecule has 0 radical (unpaired) electrons. The Balaban J connectivity index is 2.21. The Kier molecular flexibility index (Phi) is 3.57. The lowest BCUT2D eigenvalue weighted by atomic mass is 10.2. The molecule has 18 heavy (non-hydrogen) atoms. The summed E-state index contributed by atoms with van der Waals surface area (Å²) in [5.74, 6) is -0.213. The van der Waals surface area contributed by atoms with Gasteiger partial charge in [-0.2, -0.15) is 0 Å². The molecule has 0 spiro atoms. The third-order valence-electron chi connectivity index (χ3n) is 2.21. The molecule has 0 fully saturated rings. The highest BCUT2D eigenvalue weighted by atomic mass is 79.9. The summed E-state index contributed by atoms with van der Waals surface area (Å²) in [7, 11) is 0. The van der Waals surface area contributed by atoms with E-state index in [9.17, 15) is 4.79 Å². The van der Waals surface area contributed by atoms with Gasteiger partial charge in [-0.1, -0.05) is 15.9 Å². The van der Waals surface area contributed by atoms with E-state index in [-0.39, 0.29) is 11.6 Å². The number of rotatable bonds is 3. The van der Waals surface area contributed by atoms with Crippen LogP contribution in [0.25, 0.3) is 0 Å². The van der Waals surface area contributed by atoms with Crippen LogP contribution in [-0.2, 0) is 0 Å². The van der Waals surface area contributed by atoms with E-state index in [0.717, 1.165) is 10.0 Å². The number of nitrogens with zero attached hydrogens (tertiary/aromatic N) is 2. The topological polar surface area (TPSA) is 72.3 Å². The second kappa shape index (κ2) is 5.14. The van der Waals surface area contributed by atoms with Crippen LogP contribution in [0, 0.1) is 6.92 Å². The highest BCUT2D eigenvalue weighted by Crippen LogP contribution is 2.25. The Morgan fingerprint density at radius 3 is 2.61 bits per heavy atom. The summed E-state index contributed by atoms with van der Waals surface area (Å²) in [6.45, 7) is 1.90. The summed E-state index contributed by atoms with van der Waals surface area (Å²) in [5.41, 5.74) is 0.823. The fraction of sp³-hybridized carbons (Fsp3) is 0.0833. The number of benzene rings is 1. The molecule has 2 rings (SSSR count). The van der Waals surface area contributed by atoms with Crippen molar-refractivity contribution in [3.63, 3.8) is 0 Å². The minimum Gasteiger partial charge on any atom is -0.476 e. The summed E-state index contributed by atoms with van der Waals surface area (Å²) in [4.78, 5) is 10.6. The summed E-state index contributed by atoms with van der Waals surface area (Å²) >= 11 is 3.36. The second-order valence-corrected chi connectivity index (χ2v) is 4.49.